The number of nitrogens with one attached hydrogen (secondary N) is 3. The number of sulfonamides is 2. The SMILES string of the molecule is CC.CC.CNS(=O)(=O)c1ccc(N)cc1.CNS(=O)(=O)c1ccc(NC(=O)C(F)(F)F)cc1. The van der Waals surface area contributed by atoms with Crippen molar-refractivity contribution >= 4 is 37.3 Å². The van der Waals surface area contributed by atoms with Gasteiger partial charge >= 0.3 is 12.1 Å². The van der Waals surface area contributed by atoms with E-state index in [0.29, 0.717) is 5.69 Å². The molecule has 0 saturated heterocycles. The predicted molar refractivity (Wildman–Crippen MR) is 127 cm³/mol. The van der Waals surface area contributed by atoms with Crippen molar-refractivity contribution in [2.45, 2.75) is 43.7 Å². The molecule has 9 nitrogen and oxygen atoms in total. The van der Waals surface area contributed by atoms with Gasteiger partial charge in [0.2, 0.25) is 20.0 Å². The largest absolute Gasteiger partial charge is 0.471 e. The van der Waals surface area contributed by atoms with Gasteiger partial charge in [-0.1, -0.05) is 27.7 Å². The van der Waals surface area contributed by atoms with Gasteiger partial charge < -0.3 is 11.1 Å². The molecule has 2 aromatic rings. The summed E-state index contributed by atoms with van der Waals surface area (Å²) in [6.07, 6.45) is -4.99. The van der Waals surface area contributed by atoms with E-state index in [4.69, 9.17) is 5.73 Å². The summed E-state index contributed by atoms with van der Waals surface area (Å²) in [6.45, 7) is 8.00. The van der Waals surface area contributed by atoms with E-state index >= 15 is 0 Å². The monoisotopic (exact) mass is 528 g/mol. The zero-order valence-electron chi connectivity index (χ0n) is 19.7. The fourth-order valence-electron chi connectivity index (χ4n) is 1.80. The van der Waals surface area contributed by atoms with E-state index in [2.05, 4.69) is 4.72 Å². The quantitative estimate of drug-likeness (QED) is 0.438. The number of halogens is 3. The first-order valence-electron chi connectivity index (χ1n) is 9.94. The highest BCUT2D eigenvalue weighted by molar-refractivity contribution is 7.89. The van der Waals surface area contributed by atoms with Gasteiger partial charge in [0.1, 0.15) is 0 Å². The molecule has 0 heterocycles. The number of hydrogen-bond donors (Lipinski definition) is 4. The van der Waals surface area contributed by atoms with Crippen LogP contribution in [0, 0.1) is 0 Å². The molecule has 14 heteroatoms. The highest BCUT2D eigenvalue weighted by atomic mass is 32.2. The summed E-state index contributed by atoms with van der Waals surface area (Å²) in [4.78, 5) is 10.7. The molecule has 2 aromatic carbocycles. The van der Waals surface area contributed by atoms with Crippen LogP contribution in [-0.2, 0) is 24.8 Å². The van der Waals surface area contributed by atoms with E-state index in [-0.39, 0.29) is 15.5 Å². The van der Waals surface area contributed by atoms with Crippen molar-refractivity contribution in [1.29, 1.82) is 0 Å². The first-order chi connectivity index (χ1) is 15.7. The summed E-state index contributed by atoms with van der Waals surface area (Å²) in [5, 5.41) is 1.60. The molecule has 194 valence electrons. The van der Waals surface area contributed by atoms with Crippen LogP contribution in [-0.4, -0.2) is 43.0 Å². The van der Waals surface area contributed by atoms with Gasteiger partial charge in [0, 0.05) is 11.4 Å². The molecule has 1 amide bonds. The van der Waals surface area contributed by atoms with Gasteiger partial charge in [-0.25, -0.2) is 26.3 Å². The highest BCUT2D eigenvalue weighted by Crippen LogP contribution is 2.19. The number of amides is 1. The van der Waals surface area contributed by atoms with Gasteiger partial charge in [-0.05, 0) is 62.6 Å². The standard InChI is InChI=1S/C9H9F3N2O3S.C7H10N2O2S.2C2H6/c1-13-18(16,17)7-4-2-6(3-5-7)14-8(15)9(10,11)12;1-9-12(10,11)7-4-2-6(8)3-5-7;2*1-2/h2-5,13H,1H3,(H,14,15);2-5,9H,8H2,1H3;2*1-2H3. The second-order valence-electron chi connectivity index (χ2n) is 5.46. The number of hydrogen-bond acceptors (Lipinski definition) is 6. The average molecular weight is 529 g/mol. The number of benzene rings is 2. The summed E-state index contributed by atoms with van der Waals surface area (Å²) in [6, 6.07) is 10.3. The van der Waals surface area contributed by atoms with Gasteiger partial charge in [0.15, 0.2) is 0 Å². The Labute approximate surface area is 199 Å². The molecule has 0 fully saturated rings. The zero-order chi connectivity index (χ0) is 27.2. The Morgan fingerprint density at radius 3 is 1.35 bits per heavy atom. The van der Waals surface area contributed by atoms with E-state index in [0.717, 1.165) is 24.3 Å². The van der Waals surface area contributed by atoms with Crippen molar-refractivity contribution in [3.8, 4) is 0 Å². The Morgan fingerprint density at radius 2 is 1.06 bits per heavy atom. The topological polar surface area (TPSA) is 147 Å². The lowest BCUT2D eigenvalue weighted by molar-refractivity contribution is -0.167. The molecule has 0 bridgehead atoms. The van der Waals surface area contributed by atoms with Crippen molar-refractivity contribution in [2.75, 3.05) is 25.1 Å². The normalized spacial score (nSPS) is 10.9. The lowest BCUT2D eigenvalue weighted by Crippen LogP contribution is -2.29. The van der Waals surface area contributed by atoms with E-state index in [1.54, 1.807) is 17.4 Å². The lowest BCUT2D eigenvalue weighted by Gasteiger charge is -2.08. The summed E-state index contributed by atoms with van der Waals surface area (Å²) >= 11 is 0. The number of nitrogen functional groups attached to an aromatic ring is 1. The maximum Gasteiger partial charge on any atom is 0.471 e. The van der Waals surface area contributed by atoms with E-state index in [1.807, 2.05) is 32.4 Å². The lowest BCUT2D eigenvalue weighted by atomic mass is 10.3. The Hall–Kier alpha value is -2.68. The fourth-order valence-corrected chi connectivity index (χ4v) is 3.26. The third kappa shape index (κ3) is 11.4. The Balaban J connectivity index is 0. The number of carbonyl (C=O) groups excluding carboxylic acids is 1. The van der Waals surface area contributed by atoms with E-state index < -0.39 is 32.1 Å². The minimum absolute atomic E-state index is 0.116. The number of carbonyl (C=O) groups is 1. The number of nitrogens with two attached hydrogens (primary N) is 1. The average Bonchev–Trinajstić information content (AvgIpc) is 2.82. The van der Waals surface area contributed by atoms with Gasteiger partial charge in [-0.2, -0.15) is 13.2 Å². The van der Waals surface area contributed by atoms with Gasteiger partial charge in [-0.3, -0.25) is 4.79 Å². The predicted octanol–water partition coefficient (Wildman–Crippen LogP) is 3.32. The molecule has 34 heavy (non-hydrogen) atoms. The van der Waals surface area contributed by atoms with E-state index in [9.17, 15) is 34.8 Å². The van der Waals surface area contributed by atoms with Crippen LogP contribution in [0.4, 0.5) is 24.5 Å². The van der Waals surface area contributed by atoms with Crippen LogP contribution in [0.2, 0.25) is 0 Å². The molecule has 0 radical (unpaired) electrons. The summed E-state index contributed by atoms with van der Waals surface area (Å²) in [5.41, 5.74) is 5.80. The maximum atomic E-state index is 11.9. The molecule has 0 aliphatic carbocycles. The smallest absolute Gasteiger partial charge is 0.399 e. The summed E-state index contributed by atoms with van der Waals surface area (Å²) < 4.78 is 85.0. The van der Waals surface area contributed by atoms with Crippen LogP contribution >= 0.6 is 0 Å². The Bertz CT molecular complexity index is 1070. The van der Waals surface area contributed by atoms with Crippen LogP contribution in [0.3, 0.4) is 0 Å². The number of anilines is 2. The van der Waals surface area contributed by atoms with Crippen molar-refractivity contribution in [2.24, 2.45) is 0 Å². The second kappa shape index (κ2) is 15.3. The molecule has 2 rings (SSSR count). The van der Waals surface area contributed by atoms with Crippen LogP contribution in [0.15, 0.2) is 58.3 Å². The first kappa shape index (κ1) is 33.5. The molecule has 0 aromatic heterocycles. The number of alkyl halides is 3. The van der Waals surface area contributed by atoms with Gasteiger partial charge in [0.25, 0.3) is 0 Å². The van der Waals surface area contributed by atoms with Crippen molar-refractivity contribution in [3.05, 3.63) is 48.5 Å². The number of rotatable bonds is 5. The summed E-state index contributed by atoms with van der Waals surface area (Å²) in [7, 11) is -4.41. The summed E-state index contributed by atoms with van der Waals surface area (Å²) in [5.74, 6) is -2.12. The molecule has 0 aliphatic rings. The molecular weight excluding hydrogens is 497 g/mol. The third-order valence-electron chi connectivity index (χ3n) is 3.41. The van der Waals surface area contributed by atoms with Crippen molar-refractivity contribution in [3.63, 3.8) is 0 Å². The molecule has 0 spiro atoms. The first-order valence-corrected chi connectivity index (χ1v) is 12.9. The fraction of sp³-hybridized carbons (Fsp3) is 0.350. The molecule has 0 saturated carbocycles. The van der Waals surface area contributed by atoms with Crippen LogP contribution in [0.1, 0.15) is 27.7 Å². The van der Waals surface area contributed by atoms with E-state index in [1.165, 1.54) is 26.2 Å². The Kier molecular flexibility index (Phi) is 15.0. The van der Waals surface area contributed by atoms with Crippen LogP contribution < -0.4 is 20.5 Å². The molecular formula is C20H31F3N4O5S2. The molecule has 0 atom stereocenters. The Morgan fingerprint density at radius 1 is 0.735 bits per heavy atom. The molecule has 5 N–H and O–H groups in total. The van der Waals surface area contributed by atoms with Crippen molar-refractivity contribution < 1.29 is 34.8 Å². The maximum absolute atomic E-state index is 11.9. The minimum atomic E-state index is -4.99. The highest BCUT2D eigenvalue weighted by Gasteiger charge is 2.38. The second-order valence-corrected chi connectivity index (χ2v) is 9.23. The van der Waals surface area contributed by atoms with Crippen molar-refractivity contribution in [1.82, 2.24) is 9.44 Å². The molecule has 0 unspecified atom stereocenters. The van der Waals surface area contributed by atoms with Gasteiger partial charge in [0.05, 0.1) is 9.79 Å². The van der Waals surface area contributed by atoms with Crippen LogP contribution in [0.5, 0.6) is 0 Å². The zero-order valence-corrected chi connectivity index (χ0v) is 21.3. The minimum Gasteiger partial charge on any atom is -0.399 e. The third-order valence-corrected chi connectivity index (χ3v) is 6.27. The van der Waals surface area contributed by atoms with Gasteiger partial charge in [-0.15, -0.1) is 0 Å². The molecule has 0 aliphatic heterocycles. The van der Waals surface area contributed by atoms with Crippen LogP contribution in [0.25, 0.3) is 0 Å².